The van der Waals surface area contributed by atoms with Crippen LogP contribution in [0.4, 0.5) is 5.69 Å². The van der Waals surface area contributed by atoms with Crippen LogP contribution < -0.4 is 15.6 Å². The fraction of sp³-hybridized carbons (Fsp3) is 0.115. The minimum atomic E-state index is -0.255. The van der Waals surface area contributed by atoms with Crippen molar-refractivity contribution in [3.8, 4) is 5.75 Å². The maximum Gasteiger partial charge on any atom is 0.278 e. The molecule has 8 heteroatoms. The lowest BCUT2D eigenvalue weighted by Crippen LogP contribution is -2.25. The number of carbonyl (C=O) groups excluding carboxylic acids is 1. The van der Waals surface area contributed by atoms with E-state index in [0.29, 0.717) is 28.3 Å². The van der Waals surface area contributed by atoms with Crippen LogP contribution in [0, 0.1) is 0 Å². The molecule has 0 radical (unpaired) electrons. The molecule has 0 bridgehead atoms. The van der Waals surface area contributed by atoms with E-state index in [1.54, 1.807) is 46.8 Å². The molecule has 0 aliphatic heterocycles. The molecule has 2 heterocycles. The number of hydrogen-bond acceptors (Lipinski definition) is 4. The van der Waals surface area contributed by atoms with Gasteiger partial charge in [0.1, 0.15) is 23.3 Å². The average molecular weight is 473 g/mol. The number of halogens is 1. The topological polar surface area (TPSA) is 78.2 Å². The number of amides is 1. The van der Waals surface area contributed by atoms with Gasteiger partial charge in [0.05, 0.1) is 25.5 Å². The van der Waals surface area contributed by atoms with Gasteiger partial charge in [0, 0.05) is 16.1 Å². The van der Waals surface area contributed by atoms with Crippen LogP contribution in [-0.4, -0.2) is 27.1 Å². The molecule has 0 fully saturated rings. The van der Waals surface area contributed by atoms with E-state index in [1.165, 1.54) is 0 Å². The Morgan fingerprint density at radius 1 is 1.03 bits per heavy atom. The molecule has 1 amide bonds. The van der Waals surface area contributed by atoms with Crippen LogP contribution in [0.2, 0.25) is 5.02 Å². The summed E-state index contributed by atoms with van der Waals surface area (Å²) in [7, 11) is 1.61. The van der Waals surface area contributed by atoms with Gasteiger partial charge < -0.3 is 14.6 Å². The van der Waals surface area contributed by atoms with E-state index in [4.69, 9.17) is 16.3 Å². The molecule has 0 spiro atoms. The van der Waals surface area contributed by atoms with Crippen molar-refractivity contribution in [2.24, 2.45) is 0 Å². The predicted molar refractivity (Wildman–Crippen MR) is 134 cm³/mol. The third-order valence-corrected chi connectivity index (χ3v) is 5.93. The first kappa shape index (κ1) is 21.7. The Hall–Kier alpha value is -4.10. The molecule has 0 aliphatic rings. The van der Waals surface area contributed by atoms with E-state index in [2.05, 4.69) is 10.3 Å². The number of methoxy groups -OCH3 is 1. The van der Waals surface area contributed by atoms with E-state index < -0.39 is 0 Å². The third kappa shape index (κ3) is 4.13. The van der Waals surface area contributed by atoms with Crippen LogP contribution in [-0.2, 0) is 17.9 Å². The number of para-hydroxylation sites is 1. The lowest BCUT2D eigenvalue weighted by atomic mass is 10.2. The Morgan fingerprint density at radius 2 is 1.76 bits per heavy atom. The summed E-state index contributed by atoms with van der Waals surface area (Å²) in [6.45, 7) is 0.320. The largest absolute Gasteiger partial charge is 0.497 e. The van der Waals surface area contributed by atoms with E-state index >= 15 is 0 Å². The van der Waals surface area contributed by atoms with Crippen molar-refractivity contribution in [1.82, 2.24) is 14.1 Å². The minimum Gasteiger partial charge on any atom is -0.497 e. The van der Waals surface area contributed by atoms with E-state index in [-0.39, 0.29) is 18.0 Å². The molecule has 0 atom stereocenters. The summed E-state index contributed by atoms with van der Waals surface area (Å²) in [5.41, 5.74) is 3.10. The Kier molecular flexibility index (Phi) is 5.77. The summed E-state index contributed by atoms with van der Waals surface area (Å²) in [5.74, 6) is 0.492. The number of nitrogens with zero attached hydrogens (tertiary/aromatic N) is 3. The van der Waals surface area contributed by atoms with Crippen LogP contribution in [0.1, 0.15) is 5.56 Å². The highest BCUT2D eigenvalue weighted by atomic mass is 35.5. The molecule has 34 heavy (non-hydrogen) atoms. The summed E-state index contributed by atoms with van der Waals surface area (Å²) in [6, 6.07) is 22.0. The fourth-order valence-corrected chi connectivity index (χ4v) is 4.16. The molecule has 0 saturated heterocycles. The number of benzene rings is 3. The summed E-state index contributed by atoms with van der Waals surface area (Å²) < 4.78 is 8.49. The van der Waals surface area contributed by atoms with E-state index in [9.17, 15) is 9.59 Å². The molecule has 5 aromatic rings. The highest BCUT2D eigenvalue weighted by Gasteiger charge is 2.18. The molecule has 0 unspecified atom stereocenters. The Balaban J connectivity index is 1.54. The van der Waals surface area contributed by atoms with Gasteiger partial charge in [-0.1, -0.05) is 41.9 Å². The van der Waals surface area contributed by atoms with Crippen LogP contribution in [0.25, 0.3) is 21.9 Å². The second-order valence-corrected chi connectivity index (χ2v) is 8.32. The third-order valence-electron chi connectivity index (χ3n) is 5.68. The van der Waals surface area contributed by atoms with E-state index in [1.807, 2.05) is 48.5 Å². The smallest absolute Gasteiger partial charge is 0.278 e. The van der Waals surface area contributed by atoms with Crippen molar-refractivity contribution in [2.45, 2.75) is 13.1 Å². The van der Waals surface area contributed by atoms with Gasteiger partial charge in [-0.25, -0.2) is 4.98 Å². The number of ether oxygens (including phenoxy) is 1. The first-order valence-electron chi connectivity index (χ1n) is 10.7. The molecule has 0 saturated carbocycles. The van der Waals surface area contributed by atoms with Crippen LogP contribution in [0.3, 0.4) is 0 Å². The molecular weight excluding hydrogens is 452 g/mol. The van der Waals surface area contributed by atoms with Gasteiger partial charge in [-0.3, -0.25) is 14.2 Å². The Morgan fingerprint density at radius 3 is 2.50 bits per heavy atom. The lowest BCUT2D eigenvalue weighted by Gasteiger charge is -2.10. The van der Waals surface area contributed by atoms with Crippen molar-refractivity contribution >= 4 is 45.1 Å². The average Bonchev–Trinajstić information content (AvgIpc) is 3.17. The number of rotatable bonds is 6. The van der Waals surface area contributed by atoms with Gasteiger partial charge in [-0.15, -0.1) is 0 Å². The molecular formula is C26H21ClN4O3. The van der Waals surface area contributed by atoms with Crippen molar-refractivity contribution in [1.29, 1.82) is 0 Å². The highest BCUT2D eigenvalue weighted by molar-refractivity contribution is 6.30. The fourth-order valence-electron chi connectivity index (χ4n) is 4.03. The van der Waals surface area contributed by atoms with Crippen LogP contribution in [0.15, 0.2) is 83.9 Å². The molecule has 7 nitrogen and oxygen atoms in total. The van der Waals surface area contributed by atoms with Gasteiger partial charge in [-0.2, -0.15) is 0 Å². The maximum absolute atomic E-state index is 13.6. The number of hydrogen-bond donors (Lipinski definition) is 1. The molecule has 3 aromatic carbocycles. The van der Waals surface area contributed by atoms with Gasteiger partial charge in [0.15, 0.2) is 0 Å². The SMILES string of the molecule is COc1ccc(Cn2cnc3c4ccccc4n(CC(=O)Nc4ccc(Cl)cc4)c3c2=O)cc1. The zero-order valence-electron chi connectivity index (χ0n) is 18.4. The number of carbonyl (C=O) groups is 1. The molecule has 170 valence electrons. The van der Waals surface area contributed by atoms with Crippen molar-refractivity contribution in [3.05, 3.63) is 100 Å². The zero-order chi connectivity index (χ0) is 23.7. The summed E-state index contributed by atoms with van der Waals surface area (Å²) in [5, 5.41) is 4.27. The quantitative estimate of drug-likeness (QED) is 0.388. The van der Waals surface area contributed by atoms with Crippen molar-refractivity contribution in [3.63, 3.8) is 0 Å². The number of anilines is 1. The molecule has 0 aliphatic carbocycles. The Bertz CT molecular complexity index is 1550. The standard InChI is InChI=1S/C26H21ClN4O3/c1-34-20-12-6-17(7-13-20)14-30-16-28-24-21-4-2-3-5-22(21)31(25(24)26(30)33)15-23(32)29-19-10-8-18(27)9-11-19/h2-13,16H,14-15H2,1H3,(H,29,32). The van der Waals surface area contributed by atoms with Crippen molar-refractivity contribution in [2.75, 3.05) is 12.4 Å². The number of nitrogens with one attached hydrogen (secondary N) is 1. The Labute approximate surface area is 200 Å². The highest BCUT2D eigenvalue weighted by Crippen LogP contribution is 2.25. The number of aromatic nitrogens is 3. The van der Waals surface area contributed by atoms with E-state index in [0.717, 1.165) is 22.2 Å². The zero-order valence-corrected chi connectivity index (χ0v) is 19.1. The van der Waals surface area contributed by atoms with Crippen LogP contribution >= 0.6 is 11.6 Å². The first-order valence-corrected chi connectivity index (χ1v) is 11.1. The number of fused-ring (bicyclic) bond motifs is 3. The lowest BCUT2D eigenvalue weighted by molar-refractivity contribution is -0.116. The first-order chi connectivity index (χ1) is 16.5. The van der Waals surface area contributed by atoms with Crippen molar-refractivity contribution < 1.29 is 9.53 Å². The molecule has 2 aromatic heterocycles. The van der Waals surface area contributed by atoms with Crippen LogP contribution in [0.5, 0.6) is 5.75 Å². The predicted octanol–water partition coefficient (Wildman–Crippen LogP) is 4.70. The van der Waals surface area contributed by atoms with Gasteiger partial charge in [-0.05, 0) is 48.0 Å². The second kappa shape index (κ2) is 9.03. The monoisotopic (exact) mass is 472 g/mol. The van der Waals surface area contributed by atoms with Gasteiger partial charge in [0.25, 0.3) is 5.56 Å². The summed E-state index contributed by atoms with van der Waals surface area (Å²) >= 11 is 5.93. The molecule has 1 N–H and O–H groups in total. The second-order valence-electron chi connectivity index (χ2n) is 7.88. The minimum absolute atomic E-state index is 0.0316. The summed E-state index contributed by atoms with van der Waals surface area (Å²) in [6.07, 6.45) is 1.56. The summed E-state index contributed by atoms with van der Waals surface area (Å²) in [4.78, 5) is 31.0. The normalized spacial score (nSPS) is 11.1. The molecule has 5 rings (SSSR count). The maximum atomic E-state index is 13.6. The van der Waals surface area contributed by atoms with Gasteiger partial charge >= 0.3 is 0 Å². The van der Waals surface area contributed by atoms with Gasteiger partial charge in [0.2, 0.25) is 5.91 Å².